The Morgan fingerprint density at radius 1 is 1.64 bits per heavy atom. The normalized spacial score (nSPS) is 23.9. The topological polar surface area (TPSA) is 3.24 Å². The summed E-state index contributed by atoms with van der Waals surface area (Å²) >= 11 is 0. The summed E-state index contributed by atoms with van der Waals surface area (Å²) in [5.74, 6) is 2.30. The maximum Gasteiger partial charge on any atom is 0.0626 e. The Bertz CT molecular complexity index is 603. The molecule has 0 heterocycles. The van der Waals surface area contributed by atoms with Crippen molar-refractivity contribution in [1.82, 2.24) is 4.90 Å². The molecule has 0 bridgehead atoms. The lowest BCUT2D eigenvalue weighted by atomic mass is 10.1. The first-order valence-corrected chi connectivity index (χ1v) is 4.13. The number of benzene rings is 1. The number of nitrogens with zero attached hydrogens (tertiary/aromatic N) is 1. The molecule has 0 aliphatic carbocycles. The van der Waals surface area contributed by atoms with Gasteiger partial charge in [-0.15, -0.1) is 6.42 Å². The molecule has 1 rings (SSSR count). The third kappa shape index (κ3) is 3.24. The Kier molecular flexibility index (Phi) is 1.59. The second-order valence-electron chi connectivity index (χ2n) is 2.77. The average molecular weight is 195 g/mol. The first kappa shape index (κ1) is 4.08. The zero-order valence-corrected chi connectivity index (χ0v) is 8.23. The molecule has 0 aliphatic heterocycles. The number of terminal acetylenes is 1. The van der Waals surface area contributed by atoms with E-state index in [0.717, 1.165) is 0 Å². The lowest BCUT2D eigenvalue weighted by molar-refractivity contribution is 0.287. The first-order chi connectivity index (χ1) is 9.91. The van der Waals surface area contributed by atoms with Gasteiger partial charge in [-0.2, -0.15) is 0 Å². The molecule has 0 unspecified atom stereocenters. The largest absolute Gasteiger partial charge is 0.292 e. The molecule has 1 heteroatoms. The molecule has 1 aromatic rings. The summed E-state index contributed by atoms with van der Waals surface area (Å²) in [4.78, 5) is 1.24. The highest BCUT2D eigenvalue weighted by Crippen LogP contribution is 2.06. The van der Waals surface area contributed by atoms with Crippen molar-refractivity contribution in [3.63, 3.8) is 0 Å². The number of likely N-dealkylation sites (N-methyl/N-ethyl adjacent to an activating group) is 1. The number of hydrogen-bond donors (Lipinski definition) is 0. The van der Waals surface area contributed by atoms with Gasteiger partial charge < -0.3 is 0 Å². The molecule has 1 atom stereocenters. The van der Waals surface area contributed by atoms with Gasteiger partial charge in [0.1, 0.15) is 0 Å². The molecule has 0 fully saturated rings. The molecule has 0 aromatic heterocycles. The molecule has 74 valence electrons. The SMILES string of the molecule is [2H]c1c([2H])c([2H])c(C([2H])([2H])[C@@]([2H])(C)N(C)CC#C)c([2H])c1[2H]. The van der Waals surface area contributed by atoms with Crippen molar-refractivity contribution < 1.29 is 11.0 Å². The van der Waals surface area contributed by atoms with Crippen LogP contribution in [0.4, 0.5) is 0 Å². The van der Waals surface area contributed by atoms with Crippen LogP contribution in [-0.2, 0) is 6.37 Å². The predicted molar refractivity (Wildman–Crippen MR) is 61.1 cm³/mol. The Hall–Kier alpha value is -1.26. The van der Waals surface area contributed by atoms with Gasteiger partial charge in [-0.3, -0.25) is 4.90 Å². The number of rotatable bonds is 4. The quantitative estimate of drug-likeness (QED) is 0.666. The molecule has 0 amide bonds. The lowest BCUT2D eigenvalue weighted by Gasteiger charge is -2.22. The van der Waals surface area contributed by atoms with Crippen LogP contribution in [0.5, 0.6) is 0 Å². The molecule has 14 heavy (non-hydrogen) atoms. The average Bonchev–Trinajstić information content (AvgIpc) is 2.43. The maximum absolute atomic E-state index is 8.28. The summed E-state index contributed by atoms with van der Waals surface area (Å²) in [6, 6.07) is -5.08. The highest BCUT2D eigenvalue weighted by molar-refractivity contribution is 5.15. The van der Waals surface area contributed by atoms with Crippen LogP contribution in [-0.4, -0.2) is 24.5 Å². The van der Waals surface area contributed by atoms with Crippen LogP contribution in [0.2, 0.25) is 0 Å². The third-order valence-corrected chi connectivity index (χ3v) is 1.71. The maximum atomic E-state index is 8.28. The minimum Gasteiger partial charge on any atom is -0.292 e. The van der Waals surface area contributed by atoms with E-state index in [-0.39, 0.29) is 6.54 Å². The van der Waals surface area contributed by atoms with Crippen molar-refractivity contribution in [3.8, 4) is 12.3 Å². The summed E-state index contributed by atoms with van der Waals surface area (Å²) in [6.07, 6.45) is 2.64. The Morgan fingerprint density at radius 2 is 2.29 bits per heavy atom. The van der Waals surface area contributed by atoms with E-state index in [0.29, 0.717) is 0 Å². The fourth-order valence-electron chi connectivity index (χ4n) is 0.844. The van der Waals surface area contributed by atoms with Gasteiger partial charge in [-0.25, -0.2) is 0 Å². The summed E-state index contributed by atoms with van der Waals surface area (Å²) < 4.78 is 63.3. The molecule has 0 spiro atoms. The van der Waals surface area contributed by atoms with Gasteiger partial charge in [0.25, 0.3) is 0 Å². The van der Waals surface area contributed by atoms with Gasteiger partial charge in [0.05, 0.1) is 13.4 Å². The summed E-state index contributed by atoms with van der Waals surface area (Å²) in [5.41, 5.74) is -0.542. The molecule has 1 nitrogen and oxygen atoms in total. The smallest absolute Gasteiger partial charge is 0.0626 e. The molecular weight excluding hydrogens is 170 g/mol. The molecule has 0 N–H and O–H groups in total. The number of hydrogen-bond acceptors (Lipinski definition) is 1. The standard InChI is InChI=1S/C13H17N/c1-4-10-14(3)12(2)11-13-8-6-5-7-9-13/h1,5-9,12H,10-11H2,2-3H3/t12-/m1/s1/i5D,6D,7D,8D,9D,11D2,12D. The monoisotopic (exact) mass is 195 g/mol. The molecule has 0 saturated heterocycles. The fraction of sp³-hybridized carbons (Fsp3) is 0.385. The van der Waals surface area contributed by atoms with E-state index < -0.39 is 48.2 Å². The molecule has 0 saturated carbocycles. The van der Waals surface area contributed by atoms with Crippen LogP contribution in [0.3, 0.4) is 0 Å². The van der Waals surface area contributed by atoms with Crippen LogP contribution in [0.25, 0.3) is 0 Å². The van der Waals surface area contributed by atoms with Crippen LogP contribution >= 0.6 is 0 Å². The van der Waals surface area contributed by atoms with Crippen molar-refractivity contribution in [2.75, 3.05) is 13.6 Å². The van der Waals surface area contributed by atoms with E-state index in [4.69, 9.17) is 17.4 Å². The van der Waals surface area contributed by atoms with Crippen molar-refractivity contribution in [2.45, 2.75) is 19.3 Å². The molecular formula is C13H17N. The highest BCUT2D eigenvalue weighted by Gasteiger charge is 2.07. The second-order valence-corrected chi connectivity index (χ2v) is 2.77. The van der Waals surface area contributed by atoms with Crippen molar-refractivity contribution >= 4 is 0 Å². The van der Waals surface area contributed by atoms with Crippen molar-refractivity contribution in [2.24, 2.45) is 0 Å². The summed E-state index contributed by atoms with van der Waals surface area (Å²) in [5, 5.41) is 0. The van der Waals surface area contributed by atoms with Crippen LogP contribution in [0.1, 0.15) is 23.5 Å². The van der Waals surface area contributed by atoms with Gasteiger partial charge in [-0.1, -0.05) is 36.1 Å². The van der Waals surface area contributed by atoms with E-state index >= 15 is 0 Å². The summed E-state index contributed by atoms with van der Waals surface area (Å²) in [6.45, 7) is 1.24. The molecule has 1 aromatic carbocycles. The summed E-state index contributed by atoms with van der Waals surface area (Å²) in [7, 11) is 1.44. The van der Waals surface area contributed by atoms with Crippen molar-refractivity contribution in [1.29, 1.82) is 0 Å². The van der Waals surface area contributed by atoms with E-state index in [9.17, 15) is 0 Å². The lowest BCUT2D eigenvalue weighted by Crippen LogP contribution is -2.31. The Labute approximate surface area is 98.0 Å². The van der Waals surface area contributed by atoms with Gasteiger partial charge in [0.2, 0.25) is 0 Å². The van der Waals surface area contributed by atoms with Gasteiger partial charge in [-0.05, 0) is 25.9 Å². The fourth-order valence-corrected chi connectivity index (χ4v) is 0.844. The third-order valence-electron chi connectivity index (χ3n) is 1.71. The minimum absolute atomic E-state index is 0.0157. The minimum atomic E-state index is -2.54. The van der Waals surface area contributed by atoms with Crippen LogP contribution in [0.15, 0.2) is 30.2 Å². The molecule has 0 radical (unpaired) electrons. The van der Waals surface area contributed by atoms with Crippen molar-refractivity contribution in [3.05, 3.63) is 35.8 Å². The Balaban J connectivity index is 3.64. The van der Waals surface area contributed by atoms with E-state index in [2.05, 4.69) is 5.92 Å². The van der Waals surface area contributed by atoms with E-state index in [1.807, 2.05) is 0 Å². The zero-order chi connectivity index (χ0) is 17.5. The zero-order valence-electron chi connectivity index (χ0n) is 16.2. The van der Waals surface area contributed by atoms with E-state index in [1.54, 1.807) is 0 Å². The van der Waals surface area contributed by atoms with Crippen LogP contribution < -0.4 is 0 Å². The first-order valence-electron chi connectivity index (χ1n) is 8.13. The van der Waals surface area contributed by atoms with Crippen LogP contribution in [0, 0.1) is 12.3 Å². The van der Waals surface area contributed by atoms with Gasteiger partial charge >= 0.3 is 0 Å². The predicted octanol–water partition coefficient (Wildman–Crippen LogP) is 2.18. The van der Waals surface area contributed by atoms with E-state index in [1.165, 1.54) is 18.9 Å². The van der Waals surface area contributed by atoms with Gasteiger partial charge in [0, 0.05) is 10.1 Å². The second kappa shape index (κ2) is 5.47. The molecule has 0 aliphatic rings. The van der Waals surface area contributed by atoms with Gasteiger partial charge in [0.15, 0.2) is 0 Å². The highest BCUT2D eigenvalue weighted by atomic mass is 15.1. The Morgan fingerprint density at radius 3 is 2.86 bits per heavy atom.